The first kappa shape index (κ1) is 19.3. The average molecular weight is 474 g/mol. The third-order valence-corrected chi connectivity index (χ3v) is 5.07. The van der Waals surface area contributed by atoms with Crippen LogP contribution < -0.4 is 10.5 Å². The van der Waals surface area contributed by atoms with E-state index in [1.54, 1.807) is 24.3 Å². The van der Waals surface area contributed by atoms with Gasteiger partial charge in [-0.2, -0.15) is 0 Å². The standard InChI is InChI=1S/C16H15IN2O5S/c1-10(24-16(21)13-4-2-3-5-14(13)17)15(20)19-11-6-8-12(9-7-11)25(18,22)23/h2-10H,1H3,(H,19,20)(H2,18,22,23)/t10-/m0/s1. The number of carbonyl (C=O) groups is 2. The summed E-state index contributed by atoms with van der Waals surface area (Å²) in [5.41, 5.74) is 0.731. The maximum Gasteiger partial charge on any atom is 0.339 e. The van der Waals surface area contributed by atoms with E-state index in [1.165, 1.54) is 31.2 Å². The lowest BCUT2D eigenvalue weighted by atomic mass is 10.2. The van der Waals surface area contributed by atoms with Gasteiger partial charge in [-0.25, -0.2) is 18.4 Å². The van der Waals surface area contributed by atoms with Crippen molar-refractivity contribution in [2.24, 2.45) is 5.14 Å². The fourth-order valence-corrected chi connectivity index (χ4v) is 3.00. The zero-order valence-corrected chi connectivity index (χ0v) is 16.1. The van der Waals surface area contributed by atoms with Crippen LogP contribution in [0.2, 0.25) is 0 Å². The summed E-state index contributed by atoms with van der Waals surface area (Å²) in [6.45, 7) is 1.45. The predicted molar refractivity (Wildman–Crippen MR) is 100 cm³/mol. The van der Waals surface area contributed by atoms with E-state index in [4.69, 9.17) is 9.88 Å². The Morgan fingerprint density at radius 2 is 1.72 bits per heavy atom. The van der Waals surface area contributed by atoms with Gasteiger partial charge in [0.05, 0.1) is 10.5 Å². The molecule has 0 aromatic heterocycles. The first-order valence-corrected chi connectivity index (χ1v) is 9.70. The van der Waals surface area contributed by atoms with Crippen molar-refractivity contribution in [1.29, 1.82) is 0 Å². The normalized spacial score (nSPS) is 12.3. The Balaban J connectivity index is 2.01. The molecule has 2 aromatic carbocycles. The second-order valence-electron chi connectivity index (χ2n) is 5.09. The lowest BCUT2D eigenvalue weighted by Gasteiger charge is -2.14. The molecule has 0 spiro atoms. The Kier molecular flexibility index (Phi) is 6.14. The maximum absolute atomic E-state index is 12.1. The highest BCUT2D eigenvalue weighted by Gasteiger charge is 2.20. The Morgan fingerprint density at radius 1 is 1.12 bits per heavy atom. The summed E-state index contributed by atoms with van der Waals surface area (Å²) in [7, 11) is -3.80. The highest BCUT2D eigenvalue weighted by Crippen LogP contribution is 2.15. The number of carbonyl (C=O) groups excluding carboxylic acids is 2. The summed E-state index contributed by atoms with van der Waals surface area (Å²) in [5, 5.41) is 7.54. The molecule has 1 atom stereocenters. The number of sulfonamides is 1. The molecule has 132 valence electrons. The topological polar surface area (TPSA) is 116 Å². The molecular weight excluding hydrogens is 459 g/mol. The van der Waals surface area contributed by atoms with Crippen molar-refractivity contribution in [2.75, 3.05) is 5.32 Å². The summed E-state index contributed by atoms with van der Waals surface area (Å²) in [6.07, 6.45) is -1.03. The molecule has 0 aliphatic rings. The maximum atomic E-state index is 12.1. The van der Waals surface area contributed by atoms with Gasteiger partial charge in [0, 0.05) is 9.26 Å². The number of benzene rings is 2. The lowest BCUT2D eigenvalue weighted by Crippen LogP contribution is -2.30. The predicted octanol–water partition coefficient (Wildman–Crippen LogP) is 2.12. The van der Waals surface area contributed by atoms with Gasteiger partial charge in [0.2, 0.25) is 10.0 Å². The van der Waals surface area contributed by atoms with Crippen LogP contribution in [-0.4, -0.2) is 26.4 Å². The second-order valence-corrected chi connectivity index (χ2v) is 7.81. The molecule has 0 radical (unpaired) electrons. The van der Waals surface area contributed by atoms with Crippen molar-refractivity contribution in [3.63, 3.8) is 0 Å². The molecule has 2 rings (SSSR count). The molecule has 0 unspecified atom stereocenters. The molecule has 9 heteroatoms. The summed E-state index contributed by atoms with van der Waals surface area (Å²) < 4.78 is 28.3. The van der Waals surface area contributed by atoms with Crippen LogP contribution >= 0.6 is 22.6 Å². The molecule has 0 aliphatic heterocycles. The van der Waals surface area contributed by atoms with E-state index in [9.17, 15) is 18.0 Å². The van der Waals surface area contributed by atoms with Crippen LogP contribution in [0.3, 0.4) is 0 Å². The van der Waals surface area contributed by atoms with Crippen LogP contribution in [0.4, 0.5) is 5.69 Å². The number of amides is 1. The molecule has 7 nitrogen and oxygen atoms in total. The molecule has 0 saturated carbocycles. The second kappa shape index (κ2) is 7.93. The molecule has 0 saturated heterocycles. The number of hydrogen-bond donors (Lipinski definition) is 2. The van der Waals surface area contributed by atoms with Gasteiger partial charge >= 0.3 is 5.97 Å². The van der Waals surface area contributed by atoms with Crippen molar-refractivity contribution < 1.29 is 22.7 Å². The first-order chi connectivity index (χ1) is 11.7. The monoisotopic (exact) mass is 474 g/mol. The number of ether oxygens (including phenoxy) is 1. The third kappa shape index (κ3) is 5.25. The van der Waals surface area contributed by atoms with E-state index in [0.717, 1.165) is 3.57 Å². The minimum Gasteiger partial charge on any atom is -0.449 e. The smallest absolute Gasteiger partial charge is 0.339 e. The van der Waals surface area contributed by atoms with Crippen molar-refractivity contribution >= 4 is 50.2 Å². The minimum atomic E-state index is -3.80. The molecule has 0 bridgehead atoms. The van der Waals surface area contributed by atoms with Crippen LogP contribution in [0.25, 0.3) is 0 Å². The third-order valence-electron chi connectivity index (χ3n) is 3.20. The number of primary sulfonamides is 1. The molecule has 1 amide bonds. The van der Waals surface area contributed by atoms with Gasteiger partial charge in [0.1, 0.15) is 0 Å². The van der Waals surface area contributed by atoms with Gasteiger partial charge in [-0.15, -0.1) is 0 Å². The number of esters is 1. The van der Waals surface area contributed by atoms with Crippen LogP contribution in [0, 0.1) is 3.57 Å². The van der Waals surface area contributed by atoms with Crippen molar-refractivity contribution in [1.82, 2.24) is 0 Å². The Bertz CT molecular complexity index is 897. The van der Waals surface area contributed by atoms with Gasteiger partial charge < -0.3 is 10.1 Å². The average Bonchev–Trinajstić information content (AvgIpc) is 2.54. The Hall–Kier alpha value is -1.98. The molecular formula is C16H15IN2O5S. The lowest BCUT2D eigenvalue weighted by molar-refractivity contribution is -0.123. The number of rotatable bonds is 5. The SMILES string of the molecule is C[C@H](OC(=O)c1ccccc1I)C(=O)Nc1ccc(S(N)(=O)=O)cc1. The first-order valence-electron chi connectivity index (χ1n) is 7.07. The van der Waals surface area contributed by atoms with Crippen LogP contribution in [-0.2, 0) is 19.6 Å². The zero-order valence-electron chi connectivity index (χ0n) is 13.1. The zero-order chi connectivity index (χ0) is 18.6. The number of nitrogens with one attached hydrogen (secondary N) is 1. The number of nitrogens with two attached hydrogens (primary N) is 1. The van der Waals surface area contributed by atoms with Gasteiger partial charge in [0.25, 0.3) is 5.91 Å². The van der Waals surface area contributed by atoms with E-state index in [2.05, 4.69) is 5.32 Å². The largest absolute Gasteiger partial charge is 0.449 e. The van der Waals surface area contributed by atoms with Gasteiger partial charge in [0.15, 0.2) is 6.10 Å². The quantitative estimate of drug-likeness (QED) is 0.509. The summed E-state index contributed by atoms with van der Waals surface area (Å²) in [6, 6.07) is 12.2. The van der Waals surface area contributed by atoms with E-state index >= 15 is 0 Å². The van der Waals surface area contributed by atoms with Crippen molar-refractivity contribution in [2.45, 2.75) is 17.9 Å². The van der Waals surface area contributed by atoms with E-state index in [0.29, 0.717) is 11.3 Å². The number of hydrogen-bond acceptors (Lipinski definition) is 5. The molecule has 25 heavy (non-hydrogen) atoms. The number of anilines is 1. The highest BCUT2D eigenvalue weighted by molar-refractivity contribution is 14.1. The van der Waals surface area contributed by atoms with E-state index in [-0.39, 0.29) is 4.90 Å². The molecule has 0 fully saturated rings. The molecule has 2 aromatic rings. The van der Waals surface area contributed by atoms with Gasteiger partial charge in [-0.05, 0) is 65.9 Å². The summed E-state index contributed by atoms with van der Waals surface area (Å²) in [5.74, 6) is -1.14. The van der Waals surface area contributed by atoms with E-state index < -0.39 is 28.0 Å². The molecule has 0 heterocycles. The van der Waals surface area contributed by atoms with Crippen LogP contribution in [0.15, 0.2) is 53.4 Å². The van der Waals surface area contributed by atoms with Crippen LogP contribution in [0.5, 0.6) is 0 Å². The minimum absolute atomic E-state index is 0.0661. The molecule has 0 aliphatic carbocycles. The van der Waals surface area contributed by atoms with E-state index in [1.807, 2.05) is 22.6 Å². The Labute approximate surface area is 158 Å². The van der Waals surface area contributed by atoms with Gasteiger partial charge in [-0.3, -0.25) is 4.79 Å². The number of halogens is 1. The van der Waals surface area contributed by atoms with Crippen molar-refractivity contribution in [3.05, 3.63) is 57.7 Å². The summed E-state index contributed by atoms with van der Waals surface area (Å²) >= 11 is 2.01. The van der Waals surface area contributed by atoms with Gasteiger partial charge in [-0.1, -0.05) is 12.1 Å². The van der Waals surface area contributed by atoms with Crippen LogP contribution in [0.1, 0.15) is 17.3 Å². The molecule has 3 N–H and O–H groups in total. The van der Waals surface area contributed by atoms with Crippen molar-refractivity contribution in [3.8, 4) is 0 Å². The fraction of sp³-hybridized carbons (Fsp3) is 0.125. The fourth-order valence-electron chi connectivity index (χ4n) is 1.88. The highest BCUT2D eigenvalue weighted by atomic mass is 127. The summed E-state index contributed by atoms with van der Waals surface area (Å²) in [4.78, 5) is 24.1. The Morgan fingerprint density at radius 3 is 2.28 bits per heavy atom.